The van der Waals surface area contributed by atoms with Crippen molar-refractivity contribution in [2.24, 2.45) is 0 Å². The number of nitrogens with one attached hydrogen (secondary N) is 2. The van der Waals surface area contributed by atoms with Crippen molar-refractivity contribution in [3.63, 3.8) is 0 Å². The van der Waals surface area contributed by atoms with Crippen LogP contribution in [0.1, 0.15) is 29.1 Å². The third-order valence-electron chi connectivity index (χ3n) is 3.79. The molecule has 6 nitrogen and oxygen atoms in total. The first-order valence-corrected chi connectivity index (χ1v) is 8.19. The van der Waals surface area contributed by atoms with Gasteiger partial charge in [-0.1, -0.05) is 0 Å². The molecule has 22 heavy (non-hydrogen) atoms. The van der Waals surface area contributed by atoms with Crippen molar-refractivity contribution in [2.45, 2.75) is 33.1 Å². The molecule has 0 radical (unpaired) electrons. The summed E-state index contributed by atoms with van der Waals surface area (Å²) in [5, 5.41) is 12.1. The Morgan fingerprint density at radius 3 is 3.00 bits per heavy atom. The minimum atomic E-state index is 0.0566. The van der Waals surface area contributed by atoms with E-state index >= 15 is 0 Å². The van der Waals surface area contributed by atoms with E-state index in [1.807, 2.05) is 36.0 Å². The molecule has 3 aromatic heterocycles. The van der Waals surface area contributed by atoms with Crippen LogP contribution >= 0.6 is 11.3 Å². The van der Waals surface area contributed by atoms with Gasteiger partial charge in [0.15, 0.2) is 4.96 Å². The lowest BCUT2D eigenvalue weighted by Crippen LogP contribution is -2.26. The summed E-state index contributed by atoms with van der Waals surface area (Å²) in [6.45, 7) is 4.63. The number of amides is 1. The summed E-state index contributed by atoms with van der Waals surface area (Å²) in [6.07, 6.45) is 5.88. The molecule has 0 saturated carbocycles. The van der Waals surface area contributed by atoms with Gasteiger partial charge in [-0.3, -0.25) is 14.3 Å². The number of aryl methyl sites for hydroxylation is 2. The second-order valence-electron chi connectivity index (χ2n) is 5.35. The zero-order chi connectivity index (χ0) is 15.5. The smallest absolute Gasteiger partial charge is 0.220 e. The van der Waals surface area contributed by atoms with Gasteiger partial charge in [0.05, 0.1) is 11.4 Å². The van der Waals surface area contributed by atoms with Crippen molar-refractivity contribution in [1.29, 1.82) is 0 Å². The van der Waals surface area contributed by atoms with E-state index in [9.17, 15) is 4.79 Å². The molecule has 0 spiro atoms. The molecule has 0 aromatic carbocycles. The number of fused-ring (bicyclic) bond motifs is 1. The van der Waals surface area contributed by atoms with Gasteiger partial charge in [-0.2, -0.15) is 5.10 Å². The van der Waals surface area contributed by atoms with Crippen LogP contribution in [-0.4, -0.2) is 32.0 Å². The molecule has 0 atom stereocenters. The molecule has 3 heterocycles. The average molecular weight is 317 g/mol. The van der Waals surface area contributed by atoms with Crippen LogP contribution in [0.2, 0.25) is 0 Å². The Kier molecular flexibility index (Phi) is 4.24. The number of aromatic amines is 1. The molecule has 3 aromatic rings. The van der Waals surface area contributed by atoms with Crippen molar-refractivity contribution >= 4 is 22.2 Å². The number of nitrogens with zero attached hydrogens (tertiary/aromatic N) is 3. The average Bonchev–Trinajstić information content (AvgIpc) is 3.14. The fraction of sp³-hybridized carbons (Fsp3) is 0.400. The van der Waals surface area contributed by atoms with Crippen LogP contribution in [-0.2, 0) is 17.6 Å². The highest BCUT2D eigenvalue weighted by Gasteiger charge is 2.09. The summed E-state index contributed by atoms with van der Waals surface area (Å²) in [5.41, 5.74) is 4.19. The molecule has 0 aliphatic heterocycles. The maximum absolute atomic E-state index is 11.9. The first-order valence-electron chi connectivity index (χ1n) is 7.31. The predicted octanol–water partition coefficient (Wildman–Crippen LogP) is 2.03. The van der Waals surface area contributed by atoms with Crippen LogP contribution in [0.15, 0.2) is 17.8 Å². The third-order valence-corrected chi connectivity index (χ3v) is 4.56. The summed E-state index contributed by atoms with van der Waals surface area (Å²) in [4.78, 5) is 17.4. The Morgan fingerprint density at radius 2 is 2.27 bits per heavy atom. The van der Waals surface area contributed by atoms with Gasteiger partial charge in [0.25, 0.3) is 0 Å². The van der Waals surface area contributed by atoms with Gasteiger partial charge < -0.3 is 5.32 Å². The number of hydrogen-bond acceptors (Lipinski definition) is 4. The van der Waals surface area contributed by atoms with Crippen molar-refractivity contribution in [3.05, 3.63) is 40.4 Å². The van der Waals surface area contributed by atoms with Gasteiger partial charge in [0, 0.05) is 49.3 Å². The molecular formula is C15H19N5OS. The molecule has 0 saturated heterocycles. The van der Waals surface area contributed by atoms with Crippen LogP contribution in [0.5, 0.6) is 0 Å². The van der Waals surface area contributed by atoms with Gasteiger partial charge in [-0.05, 0) is 19.4 Å². The number of H-pyrrole nitrogens is 1. The van der Waals surface area contributed by atoms with Crippen LogP contribution in [0.25, 0.3) is 4.96 Å². The molecule has 3 rings (SSSR count). The minimum absolute atomic E-state index is 0.0566. The molecule has 116 valence electrons. The fourth-order valence-electron chi connectivity index (χ4n) is 2.33. The van der Waals surface area contributed by atoms with E-state index in [2.05, 4.69) is 20.5 Å². The number of thiazole rings is 1. The third kappa shape index (κ3) is 3.19. The van der Waals surface area contributed by atoms with Gasteiger partial charge in [-0.15, -0.1) is 11.3 Å². The number of imidazole rings is 1. The molecular weight excluding hydrogens is 298 g/mol. The second-order valence-corrected chi connectivity index (χ2v) is 6.22. The second kappa shape index (κ2) is 6.31. The minimum Gasteiger partial charge on any atom is -0.356 e. The van der Waals surface area contributed by atoms with Crippen molar-refractivity contribution in [1.82, 2.24) is 24.9 Å². The monoisotopic (exact) mass is 317 g/mol. The molecule has 0 aliphatic rings. The lowest BCUT2D eigenvalue weighted by atomic mass is 10.1. The Balaban J connectivity index is 1.42. The number of aromatic nitrogens is 4. The molecule has 0 bridgehead atoms. The highest BCUT2D eigenvalue weighted by molar-refractivity contribution is 7.15. The van der Waals surface area contributed by atoms with Gasteiger partial charge >= 0.3 is 0 Å². The Hall–Kier alpha value is -2.15. The zero-order valence-electron chi connectivity index (χ0n) is 12.7. The zero-order valence-corrected chi connectivity index (χ0v) is 13.5. The molecule has 7 heteroatoms. The van der Waals surface area contributed by atoms with E-state index in [-0.39, 0.29) is 5.91 Å². The molecule has 0 fully saturated rings. The fourth-order valence-corrected chi connectivity index (χ4v) is 3.04. The number of carbonyl (C=O) groups is 1. The summed E-state index contributed by atoms with van der Waals surface area (Å²) in [7, 11) is 0. The molecule has 2 N–H and O–H groups in total. The van der Waals surface area contributed by atoms with Crippen molar-refractivity contribution in [2.75, 3.05) is 6.54 Å². The Bertz CT molecular complexity index is 756. The number of rotatable bonds is 6. The summed E-state index contributed by atoms with van der Waals surface area (Å²) in [5.74, 6) is 0.0566. The maximum atomic E-state index is 11.9. The number of carbonyl (C=O) groups excluding carboxylic acids is 1. The van der Waals surface area contributed by atoms with Gasteiger partial charge in [0.2, 0.25) is 5.91 Å². The lowest BCUT2D eigenvalue weighted by Gasteiger charge is -2.03. The van der Waals surface area contributed by atoms with Crippen molar-refractivity contribution in [3.8, 4) is 0 Å². The number of hydrogen-bond donors (Lipinski definition) is 2. The predicted molar refractivity (Wildman–Crippen MR) is 86.2 cm³/mol. The largest absolute Gasteiger partial charge is 0.356 e. The Morgan fingerprint density at radius 1 is 1.41 bits per heavy atom. The quantitative estimate of drug-likeness (QED) is 0.730. The molecule has 0 aliphatic carbocycles. The van der Waals surface area contributed by atoms with Crippen LogP contribution in [0.3, 0.4) is 0 Å². The highest BCUT2D eigenvalue weighted by atomic mass is 32.1. The van der Waals surface area contributed by atoms with E-state index in [0.29, 0.717) is 19.4 Å². The standard InChI is InChI=1S/C15H19N5OS/c1-10-11(2)18-19-13(10)3-4-14(21)16-6-5-12-9-20-7-8-22-15(20)17-12/h7-9H,3-6H2,1-2H3,(H,16,21)(H,18,19). The van der Waals surface area contributed by atoms with Crippen LogP contribution in [0, 0.1) is 13.8 Å². The van der Waals surface area contributed by atoms with Crippen LogP contribution < -0.4 is 5.32 Å². The maximum Gasteiger partial charge on any atom is 0.220 e. The summed E-state index contributed by atoms with van der Waals surface area (Å²) >= 11 is 1.61. The SMILES string of the molecule is Cc1[nH]nc(CCC(=O)NCCc2cn3ccsc3n2)c1C. The Labute approximate surface area is 132 Å². The normalized spacial score (nSPS) is 11.2. The first-order chi connectivity index (χ1) is 10.6. The highest BCUT2D eigenvalue weighted by Crippen LogP contribution is 2.12. The van der Waals surface area contributed by atoms with Gasteiger partial charge in [0.1, 0.15) is 0 Å². The molecule has 0 unspecified atom stereocenters. The van der Waals surface area contributed by atoms with Crippen LogP contribution in [0.4, 0.5) is 0 Å². The van der Waals surface area contributed by atoms with E-state index in [1.165, 1.54) is 0 Å². The van der Waals surface area contributed by atoms with Crippen molar-refractivity contribution < 1.29 is 4.79 Å². The van der Waals surface area contributed by atoms with E-state index in [0.717, 1.165) is 34.0 Å². The first kappa shape index (κ1) is 14.8. The lowest BCUT2D eigenvalue weighted by molar-refractivity contribution is -0.121. The summed E-state index contributed by atoms with van der Waals surface area (Å²) in [6, 6.07) is 0. The van der Waals surface area contributed by atoms with Gasteiger partial charge in [-0.25, -0.2) is 4.98 Å². The van der Waals surface area contributed by atoms with E-state index in [1.54, 1.807) is 11.3 Å². The molecule has 1 amide bonds. The van der Waals surface area contributed by atoms with E-state index < -0.39 is 0 Å². The van der Waals surface area contributed by atoms with E-state index in [4.69, 9.17) is 0 Å². The summed E-state index contributed by atoms with van der Waals surface area (Å²) < 4.78 is 2.00. The topological polar surface area (TPSA) is 75.1 Å².